The number of rotatable bonds is 5. The van der Waals surface area contributed by atoms with E-state index in [1.165, 1.54) is 0 Å². The summed E-state index contributed by atoms with van der Waals surface area (Å²) in [6.07, 6.45) is 1.10. The molecule has 0 bridgehead atoms. The first kappa shape index (κ1) is 15.9. The number of nitrogens with zero attached hydrogens (tertiary/aromatic N) is 1. The van der Waals surface area contributed by atoms with E-state index in [1.54, 1.807) is 13.8 Å². The van der Waals surface area contributed by atoms with Gasteiger partial charge in [-0.1, -0.05) is 30.3 Å². The maximum Gasteiger partial charge on any atom is 0.333 e. The number of benzene rings is 1. The summed E-state index contributed by atoms with van der Waals surface area (Å²) in [4.78, 5) is 27.2. The number of allylic oxidation sites excluding steroid dienone is 1. The fourth-order valence-electron chi connectivity index (χ4n) is 3.06. The maximum atomic E-state index is 11.6. The summed E-state index contributed by atoms with van der Waals surface area (Å²) in [6, 6.07) is 9.65. The number of carbonyl (C=O) groups is 2. The van der Waals surface area contributed by atoms with Gasteiger partial charge in [-0.2, -0.15) is 0 Å². The molecule has 5 nitrogen and oxygen atoms in total. The highest BCUT2D eigenvalue weighted by molar-refractivity contribution is 6.04. The van der Waals surface area contributed by atoms with Crippen molar-refractivity contribution in [2.75, 3.05) is 0 Å². The van der Waals surface area contributed by atoms with Crippen LogP contribution in [0.1, 0.15) is 25.8 Å². The first-order chi connectivity index (χ1) is 10.4. The highest BCUT2D eigenvalue weighted by Crippen LogP contribution is 2.34. The van der Waals surface area contributed by atoms with Gasteiger partial charge in [-0.15, -0.1) is 0 Å². The fraction of sp³-hybridized carbons (Fsp3) is 0.353. The van der Waals surface area contributed by atoms with Gasteiger partial charge in [0, 0.05) is 17.3 Å². The standard InChI is InChI=1S/C17H19NO4/c1-10-14(16(19)20)13(15(17(21)22)11(2)18-10)9-8-12-6-4-3-5-7-12/h3-7,13-14H,8-9H2,1-2H3,(H,19,20)(H,21,22). The van der Waals surface area contributed by atoms with Crippen LogP contribution in [0.25, 0.3) is 0 Å². The Morgan fingerprint density at radius 2 is 1.77 bits per heavy atom. The summed E-state index contributed by atoms with van der Waals surface area (Å²) < 4.78 is 0. The van der Waals surface area contributed by atoms with E-state index in [9.17, 15) is 19.8 Å². The van der Waals surface area contributed by atoms with Crippen molar-refractivity contribution < 1.29 is 19.8 Å². The van der Waals surface area contributed by atoms with Gasteiger partial charge in [0.1, 0.15) is 5.92 Å². The van der Waals surface area contributed by atoms with Crippen LogP contribution in [0.3, 0.4) is 0 Å². The second-order valence-electron chi connectivity index (χ2n) is 5.50. The number of aliphatic carboxylic acids is 2. The lowest BCUT2D eigenvalue weighted by atomic mass is 9.77. The SMILES string of the molecule is CC1=NC(C)=C(C(=O)O)C(CCc2ccccc2)C1C(=O)O. The van der Waals surface area contributed by atoms with Crippen molar-refractivity contribution in [2.45, 2.75) is 26.7 Å². The number of aryl methyl sites for hydroxylation is 1. The summed E-state index contributed by atoms with van der Waals surface area (Å²) in [5.41, 5.74) is 2.05. The van der Waals surface area contributed by atoms with Crippen LogP contribution in [0.4, 0.5) is 0 Å². The summed E-state index contributed by atoms with van der Waals surface area (Å²) in [5.74, 6) is -3.55. The van der Waals surface area contributed by atoms with Crippen LogP contribution in [0, 0.1) is 11.8 Å². The molecular weight excluding hydrogens is 282 g/mol. The summed E-state index contributed by atoms with van der Waals surface area (Å²) >= 11 is 0. The third-order valence-corrected chi connectivity index (χ3v) is 4.04. The van der Waals surface area contributed by atoms with E-state index >= 15 is 0 Å². The molecule has 1 aliphatic rings. The average molecular weight is 301 g/mol. The minimum absolute atomic E-state index is 0.119. The molecule has 2 atom stereocenters. The molecule has 1 aliphatic heterocycles. The van der Waals surface area contributed by atoms with Crippen LogP contribution >= 0.6 is 0 Å². The molecule has 0 amide bonds. The van der Waals surface area contributed by atoms with Crippen LogP contribution in [-0.4, -0.2) is 27.9 Å². The van der Waals surface area contributed by atoms with Crippen molar-refractivity contribution >= 4 is 17.7 Å². The van der Waals surface area contributed by atoms with Gasteiger partial charge in [0.05, 0.1) is 5.57 Å². The Labute approximate surface area is 129 Å². The summed E-state index contributed by atoms with van der Waals surface area (Å²) in [6.45, 7) is 3.27. The number of aliphatic imine (C=N–C) groups is 1. The van der Waals surface area contributed by atoms with Crippen LogP contribution in [-0.2, 0) is 16.0 Å². The number of carboxylic acids is 2. The molecule has 0 spiro atoms. The van der Waals surface area contributed by atoms with Crippen LogP contribution in [0.15, 0.2) is 46.6 Å². The van der Waals surface area contributed by atoms with Crippen molar-refractivity contribution in [2.24, 2.45) is 16.8 Å². The second-order valence-corrected chi connectivity index (χ2v) is 5.50. The lowest BCUT2D eigenvalue weighted by Gasteiger charge is -2.29. The van der Waals surface area contributed by atoms with Crippen LogP contribution < -0.4 is 0 Å². The summed E-state index contributed by atoms with van der Waals surface area (Å²) in [5, 5.41) is 18.9. The van der Waals surface area contributed by atoms with E-state index in [-0.39, 0.29) is 5.57 Å². The Bertz CT molecular complexity index is 646. The van der Waals surface area contributed by atoms with E-state index in [1.807, 2.05) is 30.3 Å². The molecule has 2 N–H and O–H groups in total. The zero-order valence-electron chi connectivity index (χ0n) is 12.6. The molecule has 0 saturated heterocycles. The van der Waals surface area contributed by atoms with Crippen molar-refractivity contribution in [1.82, 2.24) is 0 Å². The van der Waals surface area contributed by atoms with Gasteiger partial charge in [-0.25, -0.2) is 4.79 Å². The molecule has 2 rings (SSSR count). The van der Waals surface area contributed by atoms with Gasteiger partial charge in [0.15, 0.2) is 0 Å². The predicted molar refractivity (Wildman–Crippen MR) is 82.8 cm³/mol. The monoisotopic (exact) mass is 301 g/mol. The Morgan fingerprint density at radius 1 is 1.14 bits per heavy atom. The molecule has 1 aromatic carbocycles. The smallest absolute Gasteiger partial charge is 0.333 e. The molecule has 22 heavy (non-hydrogen) atoms. The molecule has 0 radical (unpaired) electrons. The van der Waals surface area contributed by atoms with Crippen molar-refractivity contribution in [3.8, 4) is 0 Å². The van der Waals surface area contributed by atoms with Gasteiger partial charge >= 0.3 is 11.9 Å². The predicted octanol–water partition coefficient (Wildman–Crippen LogP) is 2.77. The number of hydrogen-bond donors (Lipinski definition) is 2. The largest absolute Gasteiger partial charge is 0.481 e. The minimum Gasteiger partial charge on any atom is -0.481 e. The zero-order chi connectivity index (χ0) is 16.3. The molecule has 0 aromatic heterocycles. The average Bonchev–Trinajstić information content (AvgIpc) is 2.44. The van der Waals surface area contributed by atoms with Crippen molar-refractivity contribution in [3.63, 3.8) is 0 Å². The fourth-order valence-corrected chi connectivity index (χ4v) is 3.06. The third kappa shape index (κ3) is 3.24. The van der Waals surface area contributed by atoms with E-state index in [4.69, 9.17) is 0 Å². The van der Waals surface area contributed by atoms with E-state index < -0.39 is 23.8 Å². The van der Waals surface area contributed by atoms with Gasteiger partial charge in [-0.05, 0) is 32.3 Å². The van der Waals surface area contributed by atoms with Crippen molar-refractivity contribution in [3.05, 3.63) is 47.2 Å². The number of carboxylic acid groups (broad SMARTS) is 2. The minimum atomic E-state index is -1.09. The zero-order valence-corrected chi connectivity index (χ0v) is 12.6. The molecule has 1 aromatic rings. The van der Waals surface area contributed by atoms with Crippen LogP contribution in [0.2, 0.25) is 0 Å². The second kappa shape index (κ2) is 6.56. The normalized spacial score (nSPS) is 21.5. The molecule has 5 heteroatoms. The Morgan fingerprint density at radius 3 is 2.32 bits per heavy atom. The molecule has 0 aliphatic carbocycles. The molecule has 0 saturated carbocycles. The van der Waals surface area contributed by atoms with Gasteiger partial charge in [0.2, 0.25) is 0 Å². The lowest BCUT2D eigenvalue weighted by molar-refractivity contribution is -0.141. The molecule has 2 unspecified atom stereocenters. The quantitative estimate of drug-likeness (QED) is 0.875. The molecule has 116 valence electrons. The van der Waals surface area contributed by atoms with E-state index in [0.29, 0.717) is 24.3 Å². The molecule has 0 fully saturated rings. The Kier molecular flexibility index (Phi) is 4.75. The van der Waals surface area contributed by atoms with Gasteiger partial charge in [0.25, 0.3) is 0 Å². The Hall–Kier alpha value is -2.43. The molecule has 1 heterocycles. The highest BCUT2D eigenvalue weighted by atomic mass is 16.4. The topological polar surface area (TPSA) is 87.0 Å². The third-order valence-electron chi connectivity index (χ3n) is 4.04. The first-order valence-electron chi connectivity index (χ1n) is 7.17. The first-order valence-corrected chi connectivity index (χ1v) is 7.17. The van der Waals surface area contributed by atoms with E-state index in [2.05, 4.69) is 4.99 Å². The van der Waals surface area contributed by atoms with E-state index in [0.717, 1.165) is 5.56 Å². The Balaban J connectivity index is 2.31. The molecular formula is C17H19NO4. The highest BCUT2D eigenvalue weighted by Gasteiger charge is 2.39. The van der Waals surface area contributed by atoms with Crippen LogP contribution in [0.5, 0.6) is 0 Å². The summed E-state index contributed by atoms with van der Waals surface area (Å²) in [7, 11) is 0. The number of hydrogen-bond acceptors (Lipinski definition) is 3. The van der Waals surface area contributed by atoms with Gasteiger partial charge in [-0.3, -0.25) is 9.79 Å². The lowest BCUT2D eigenvalue weighted by Crippen LogP contribution is -2.36. The van der Waals surface area contributed by atoms with Crippen molar-refractivity contribution in [1.29, 1.82) is 0 Å². The maximum absolute atomic E-state index is 11.6. The van der Waals surface area contributed by atoms with Gasteiger partial charge < -0.3 is 10.2 Å².